The van der Waals surface area contributed by atoms with Crippen LogP contribution in [0.4, 0.5) is 0 Å². The lowest BCUT2D eigenvalue weighted by atomic mass is 9.47. The van der Waals surface area contributed by atoms with E-state index in [1.807, 2.05) is 6.07 Å². The molecular weight excluding hydrogens is 382 g/mol. The number of fused-ring (bicyclic) bond motifs is 1. The molecule has 0 radical (unpaired) electrons. The first-order valence-electron chi connectivity index (χ1n) is 11.3. The number of ether oxygens (including phenoxy) is 1. The van der Waals surface area contributed by atoms with Crippen molar-refractivity contribution < 1.29 is 24.5 Å². The lowest BCUT2D eigenvalue weighted by molar-refractivity contribution is -0.184. The number of phenolic OH excluding ortho intramolecular Hbond substituents is 1. The highest BCUT2D eigenvalue weighted by Crippen LogP contribution is 2.59. The molecule has 2 N–H and O–H groups in total. The molecule has 30 heavy (non-hydrogen) atoms. The molecule has 1 aromatic carbocycles. The fraction of sp³-hybridized carbons (Fsp3) is 0.667. The van der Waals surface area contributed by atoms with Gasteiger partial charge in [0.05, 0.1) is 18.6 Å². The van der Waals surface area contributed by atoms with Crippen LogP contribution >= 0.6 is 0 Å². The number of nitrogens with zero attached hydrogens (tertiary/aromatic N) is 1. The van der Waals surface area contributed by atoms with Gasteiger partial charge in [-0.05, 0) is 74.8 Å². The van der Waals surface area contributed by atoms with E-state index in [0.29, 0.717) is 25.4 Å². The Morgan fingerprint density at radius 2 is 2.13 bits per heavy atom. The number of hydrogen-bond acceptors (Lipinski definition) is 6. The Labute approximate surface area is 177 Å². The fourth-order valence-electron chi connectivity index (χ4n) is 6.45. The van der Waals surface area contributed by atoms with Crippen molar-refractivity contribution >= 4 is 11.8 Å². The van der Waals surface area contributed by atoms with Crippen LogP contribution in [0.5, 0.6) is 5.75 Å². The van der Waals surface area contributed by atoms with Gasteiger partial charge in [-0.1, -0.05) is 6.07 Å². The van der Waals surface area contributed by atoms with Gasteiger partial charge in [-0.2, -0.15) is 0 Å². The Balaban J connectivity index is 1.55. The summed E-state index contributed by atoms with van der Waals surface area (Å²) < 4.78 is 5.09. The number of ketones is 1. The van der Waals surface area contributed by atoms with Crippen LogP contribution in [-0.4, -0.2) is 58.2 Å². The van der Waals surface area contributed by atoms with Gasteiger partial charge in [0, 0.05) is 30.3 Å². The first-order chi connectivity index (χ1) is 14.4. The van der Waals surface area contributed by atoms with E-state index in [-0.39, 0.29) is 42.8 Å². The molecule has 1 heterocycles. The van der Waals surface area contributed by atoms with Crippen molar-refractivity contribution in [2.75, 3.05) is 19.7 Å². The SMILES string of the molecule is CCOC(=O)CC1C[C@@]2(O)C3Cc4ccc(O)cc4[C@@]2(CCN3CC2CC2)CC1=O. The standard InChI is InChI=1S/C24H31NO5/c1-2-30-22(28)10-17-12-24(29)21-9-16-5-6-18(26)11-19(16)23(24,13-20(17)27)7-8-25(21)14-15-3-4-15/h5-6,11,15,17,21,26,29H,2-4,7-10,12-14H2,1H3/t17?,21?,23-,24-/m1/s1. The van der Waals surface area contributed by atoms with Crippen molar-refractivity contribution in [3.63, 3.8) is 0 Å². The van der Waals surface area contributed by atoms with Crippen LogP contribution in [0.25, 0.3) is 0 Å². The second-order valence-corrected chi connectivity index (χ2v) is 9.81. The van der Waals surface area contributed by atoms with E-state index in [1.165, 1.54) is 12.8 Å². The summed E-state index contributed by atoms with van der Waals surface area (Å²) in [6.07, 6.45) is 4.45. The monoisotopic (exact) mass is 413 g/mol. The van der Waals surface area contributed by atoms with E-state index in [4.69, 9.17) is 4.74 Å². The maximum atomic E-state index is 13.2. The number of aliphatic hydroxyl groups is 1. The van der Waals surface area contributed by atoms with Crippen LogP contribution in [0.1, 0.15) is 56.6 Å². The molecule has 5 rings (SSSR count). The second kappa shape index (κ2) is 7.06. The molecule has 3 aliphatic carbocycles. The lowest BCUT2D eigenvalue weighted by Crippen LogP contribution is -2.74. The summed E-state index contributed by atoms with van der Waals surface area (Å²) in [5, 5.41) is 22.5. The van der Waals surface area contributed by atoms with Gasteiger partial charge in [0.15, 0.2) is 0 Å². The molecule has 3 fully saturated rings. The molecule has 2 bridgehead atoms. The number of hydrogen-bond donors (Lipinski definition) is 2. The summed E-state index contributed by atoms with van der Waals surface area (Å²) in [6.45, 7) is 3.90. The Morgan fingerprint density at radius 1 is 1.33 bits per heavy atom. The number of Topliss-reactive ketones (excluding diaryl/α,β-unsaturated/α-hetero) is 1. The van der Waals surface area contributed by atoms with Gasteiger partial charge in [-0.15, -0.1) is 0 Å². The zero-order valence-corrected chi connectivity index (χ0v) is 17.6. The third-order valence-corrected chi connectivity index (χ3v) is 8.07. The maximum absolute atomic E-state index is 13.2. The summed E-state index contributed by atoms with van der Waals surface area (Å²) >= 11 is 0. The maximum Gasteiger partial charge on any atom is 0.306 e. The fourth-order valence-corrected chi connectivity index (χ4v) is 6.45. The Morgan fingerprint density at radius 3 is 2.87 bits per heavy atom. The largest absolute Gasteiger partial charge is 0.508 e. The van der Waals surface area contributed by atoms with E-state index in [2.05, 4.69) is 4.90 Å². The van der Waals surface area contributed by atoms with Crippen molar-refractivity contribution in [3.05, 3.63) is 29.3 Å². The number of rotatable bonds is 5. The van der Waals surface area contributed by atoms with Crippen molar-refractivity contribution in [1.29, 1.82) is 0 Å². The van der Waals surface area contributed by atoms with Gasteiger partial charge in [-0.3, -0.25) is 14.5 Å². The number of piperidine rings is 1. The predicted octanol–water partition coefficient (Wildman–Crippen LogP) is 2.33. The van der Waals surface area contributed by atoms with Crippen LogP contribution in [-0.2, 0) is 26.2 Å². The van der Waals surface area contributed by atoms with Crippen molar-refractivity contribution in [2.45, 2.75) is 68.9 Å². The number of phenols is 1. The van der Waals surface area contributed by atoms with E-state index in [9.17, 15) is 19.8 Å². The first-order valence-corrected chi connectivity index (χ1v) is 11.3. The van der Waals surface area contributed by atoms with E-state index in [1.54, 1.807) is 19.1 Å². The average Bonchev–Trinajstić information content (AvgIpc) is 3.50. The van der Waals surface area contributed by atoms with Crippen LogP contribution in [0, 0.1) is 11.8 Å². The minimum Gasteiger partial charge on any atom is -0.508 e. The average molecular weight is 414 g/mol. The summed E-state index contributed by atoms with van der Waals surface area (Å²) in [4.78, 5) is 27.8. The highest BCUT2D eigenvalue weighted by Gasteiger charge is 2.66. The number of likely N-dealkylation sites (tertiary alicyclic amines) is 1. The van der Waals surface area contributed by atoms with Gasteiger partial charge in [-0.25, -0.2) is 0 Å². The van der Waals surface area contributed by atoms with Crippen LogP contribution in [0.15, 0.2) is 18.2 Å². The van der Waals surface area contributed by atoms with Gasteiger partial charge in [0.2, 0.25) is 0 Å². The number of carbonyl (C=O) groups excluding carboxylic acids is 2. The molecule has 2 saturated carbocycles. The Bertz CT molecular complexity index is 880. The summed E-state index contributed by atoms with van der Waals surface area (Å²) in [5.74, 6) is 0.0280. The molecule has 4 atom stereocenters. The van der Waals surface area contributed by atoms with E-state index >= 15 is 0 Å². The van der Waals surface area contributed by atoms with Gasteiger partial charge in [0.25, 0.3) is 0 Å². The molecule has 1 saturated heterocycles. The highest BCUT2D eigenvalue weighted by atomic mass is 16.5. The van der Waals surface area contributed by atoms with Crippen molar-refractivity contribution in [1.82, 2.24) is 4.90 Å². The molecule has 1 aliphatic heterocycles. The second-order valence-electron chi connectivity index (χ2n) is 9.81. The van der Waals surface area contributed by atoms with Gasteiger partial charge in [0.1, 0.15) is 11.5 Å². The lowest BCUT2D eigenvalue weighted by Gasteiger charge is -2.64. The van der Waals surface area contributed by atoms with Crippen LogP contribution in [0.3, 0.4) is 0 Å². The van der Waals surface area contributed by atoms with Crippen molar-refractivity contribution in [2.24, 2.45) is 11.8 Å². The Hall–Kier alpha value is -1.92. The Kier molecular flexibility index (Phi) is 4.71. The molecule has 6 nitrogen and oxygen atoms in total. The number of benzene rings is 1. The van der Waals surface area contributed by atoms with Crippen molar-refractivity contribution in [3.8, 4) is 5.75 Å². The molecule has 2 unspecified atom stereocenters. The van der Waals surface area contributed by atoms with E-state index < -0.39 is 16.9 Å². The minimum absolute atomic E-state index is 0.0262. The molecule has 0 aromatic heterocycles. The number of aromatic hydroxyl groups is 1. The molecule has 162 valence electrons. The molecule has 6 heteroatoms. The normalized spacial score (nSPS) is 35.5. The molecule has 4 aliphatic rings. The van der Waals surface area contributed by atoms with Gasteiger partial charge >= 0.3 is 5.97 Å². The van der Waals surface area contributed by atoms with Crippen LogP contribution in [0.2, 0.25) is 0 Å². The third-order valence-electron chi connectivity index (χ3n) is 8.07. The number of esters is 1. The predicted molar refractivity (Wildman–Crippen MR) is 110 cm³/mol. The smallest absolute Gasteiger partial charge is 0.306 e. The van der Waals surface area contributed by atoms with Gasteiger partial charge < -0.3 is 14.9 Å². The molecule has 0 spiro atoms. The first kappa shape index (κ1) is 20.0. The number of carbonyl (C=O) groups is 2. The quantitative estimate of drug-likeness (QED) is 0.721. The molecule has 0 amide bonds. The van der Waals surface area contributed by atoms with Crippen LogP contribution < -0.4 is 0 Å². The molecule has 1 aromatic rings. The minimum atomic E-state index is -1.09. The van der Waals surface area contributed by atoms with E-state index in [0.717, 1.165) is 24.2 Å². The zero-order chi connectivity index (χ0) is 21.1. The topological polar surface area (TPSA) is 87.1 Å². The molecular formula is C24H31NO5. The summed E-state index contributed by atoms with van der Waals surface area (Å²) in [6, 6.07) is 5.34. The summed E-state index contributed by atoms with van der Waals surface area (Å²) in [7, 11) is 0. The highest BCUT2D eigenvalue weighted by molar-refractivity contribution is 5.88. The zero-order valence-electron chi connectivity index (χ0n) is 17.6. The summed E-state index contributed by atoms with van der Waals surface area (Å²) in [5.41, 5.74) is 0.271. The third kappa shape index (κ3) is 2.99.